The number of primary amides is 1. The molecule has 0 saturated carbocycles. The molecular formula is C45H52BrN9O8. The lowest BCUT2D eigenvalue weighted by atomic mass is 9.95. The molecule has 3 heterocycles. The first-order valence-corrected chi connectivity index (χ1v) is 22.0. The zero-order valence-corrected chi connectivity index (χ0v) is 36.8. The minimum absolute atomic E-state index is 0.0217. The number of rotatable bonds is 16. The Morgan fingerprint density at radius 1 is 0.921 bits per heavy atom. The van der Waals surface area contributed by atoms with E-state index in [0.717, 1.165) is 45.9 Å². The van der Waals surface area contributed by atoms with Crippen molar-refractivity contribution in [1.29, 1.82) is 0 Å². The predicted octanol–water partition coefficient (Wildman–Crippen LogP) is 5.49. The van der Waals surface area contributed by atoms with E-state index < -0.39 is 24.3 Å². The molecule has 7 rings (SSSR count). The number of aromatic amines is 1. The Hall–Kier alpha value is -6.37. The fourth-order valence-electron chi connectivity index (χ4n) is 7.78. The van der Waals surface area contributed by atoms with Gasteiger partial charge >= 0.3 is 18.2 Å². The first kappa shape index (κ1) is 44.7. The maximum absolute atomic E-state index is 14.3. The van der Waals surface area contributed by atoms with E-state index in [1.807, 2.05) is 49.5 Å². The normalized spacial score (nSPS) is 15.4. The zero-order valence-electron chi connectivity index (χ0n) is 35.2. The summed E-state index contributed by atoms with van der Waals surface area (Å²) in [4.78, 5) is 72.4. The van der Waals surface area contributed by atoms with Gasteiger partial charge in [-0.1, -0.05) is 52.3 Å². The summed E-state index contributed by atoms with van der Waals surface area (Å²) in [6.07, 6.45) is 0.0744. The minimum atomic E-state index is -0.609. The largest absolute Gasteiger partial charge is 0.492 e. The number of ether oxygens (including phenoxy) is 3. The van der Waals surface area contributed by atoms with Crippen LogP contribution < -0.4 is 41.4 Å². The number of carbonyl (C=O) groups is 5. The maximum atomic E-state index is 14.3. The molecule has 17 nitrogen and oxygen atoms in total. The molecule has 18 heteroatoms. The number of carbonyl (C=O) groups excluding carboxylic acids is 5. The number of piperazine rings is 1. The second-order valence-corrected chi connectivity index (χ2v) is 16.2. The Balaban J connectivity index is 0.908. The number of benzene rings is 4. The summed E-state index contributed by atoms with van der Waals surface area (Å²) in [5.74, 6) is 0.580. The fourth-order valence-corrected chi connectivity index (χ4v) is 8.31. The highest BCUT2D eigenvalue weighted by Crippen LogP contribution is 2.46. The fraction of sp³-hybridized carbons (Fsp3) is 0.356. The number of nitrogens with one attached hydrogen (secondary N) is 5. The number of hydrogen-bond donors (Lipinski definition) is 6. The van der Waals surface area contributed by atoms with Gasteiger partial charge in [-0.2, -0.15) is 0 Å². The number of nitrogens with two attached hydrogens (primary N) is 1. The lowest BCUT2D eigenvalue weighted by Gasteiger charge is -2.31. The summed E-state index contributed by atoms with van der Waals surface area (Å²) in [6, 6.07) is 22.8. The van der Waals surface area contributed by atoms with Crippen LogP contribution >= 0.6 is 15.9 Å². The van der Waals surface area contributed by atoms with Gasteiger partial charge in [-0.25, -0.2) is 14.4 Å². The number of alkyl halides is 1. The molecule has 0 unspecified atom stereocenters. The van der Waals surface area contributed by atoms with Crippen molar-refractivity contribution in [3.63, 3.8) is 0 Å². The predicted molar refractivity (Wildman–Crippen MR) is 244 cm³/mol. The number of alkyl carbamates (subject to hydrolysis) is 1. The van der Waals surface area contributed by atoms with Crippen LogP contribution in [-0.2, 0) is 16.1 Å². The Morgan fingerprint density at radius 2 is 1.68 bits per heavy atom. The van der Waals surface area contributed by atoms with Crippen LogP contribution in [-0.4, -0.2) is 123 Å². The van der Waals surface area contributed by atoms with Crippen molar-refractivity contribution < 1.29 is 38.2 Å². The monoisotopic (exact) mass is 925 g/mol. The Labute approximate surface area is 373 Å². The standard InChI is InChI=1S/C45H52BrN9O8/c1-48-36(8-5-15-49-43(47)58)41(56)51-31-11-9-28(10-12-31)27-62-44(59)50-16-21-61-32-13-14-35-29(22-32)23-37(52-35)42(57)55-26-30(25-46)40-34-7-4-3-6-33(34)39(24-38(40)55)63-45(60)54-19-17-53(2)18-20-54/h3-4,6-7,9-14,22-24,30,36,48,52H,5,8,15-21,25-27H2,1-2H3,(H,50,59)(H,51,56)(H3,47,49,58)/t30-,36+/m1/s1. The van der Waals surface area contributed by atoms with Gasteiger partial charge in [0.15, 0.2) is 0 Å². The van der Waals surface area contributed by atoms with Crippen LogP contribution in [0.15, 0.2) is 78.9 Å². The molecule has 2 aliphatic rings. The van der Waals surface area contributed by atoms with Crippen LogP contribution in [0.4, 0.5) is 25.8 Å². The van der Waals surface area contributed by atoms with Crippen molar-refractivity contribution >= 4 is 79.0 Å². The van der Waals surface area contributed by atoms with Crippen LogP contribution in [0.25, 0.3) is 21.7 Å². The lowest BCUT2D eigenvalue weighted by Crippen LogP contribution is -2.48. The number of amides is 6. The first-order valence-electron chi connectivity index (χ1n) is 20.9. The Kier molecular flexibility index (Phi) is 14.7. The molecule has 4 aromatic carbocycles. The highest BCUT2D eigenvalue weighted by Gasteiger charge is 2.36. The zero-order chi connectivity index (χ0) is 44.5. The van der Waals surface area contributed by atoms with Gasteiger partial charge < -0.3 is 60.9 Å². The molecule has 0 bridgehead atoms. The minimum Gasteiger partial charge on any atom is -0.492 e. The number of nitrogens with zero attached hydrogens (tertiary/aromatic N) is 3. The maximum Gasteiger partial charge on any atom is 0.415 e. The average molecular weight is 927 g/mol. The van der Waals surface area contributed by atoms with E-state index in [1.165, 1.54) is 0 Å². The third-order valence-electron chi connectivity index (χ3n) is 11.2. The number of halogens is 1. The molecule has 1 saturated heterocycles. The number of anilines is 2. The second kappa shape index (κ2) is 20.7. The van der Waals surface area contributed by atoms with Gasteiger partial charge in [0.25, 0.3) is 5.91 Å². The lowest BCUT2D eigenvalue weighted by molar-refractivity contribution is -0.118. The van der Waals surface area contributed by atoms with Crippen LogP contribution in [0.5, 0.6) is 11.5 Å². The molecule has 5 aromatic rings. The van der Waals surface area contributed by atoms with E-state index in [4.69, 9.17) is 19.9 Å². The first-order chi connectivity index (χ1) is 30.5. The number of aromatic nitrogens is 1. The number of fused-ring (bicyclic) bond motifs is 4. The molecule has 2 atom stereocenters. The summed E-state index contributed by atoms with van der Waals surface area (Å²) in [6.45, 7) is 3.92. The van der Waals surface area contributed by atoms with Crippen molar-refractivity contribution in [1.82, 2.24) is 30.7 Å². The van der Waals surface area contributed by atoms with Crippen molar-refractivity contribution in [2.24, 2.45) is 5.73 Å². The molecule has 7 N–H and O–H groups in total. The summed E-state index contributed by atoms with van der Waals surface area (Å²) in [5, 5.41) is 14.2. The van der Waals surface area contributed by atoms with Crippen molar-refractivity contribution in [2.45, 2.75) is 31.4 Å². The Bertz CT molecular complexity index is 2450. The van der Waals surface area contributed by atoms with Gasteiger partial charge in [0.2, 0.25) is 5.91 Å². The van der Waals surface area contributed by atoms with E-state index in [9.17, 15) is 24.0 Å². The molecular weight excluding hydrogens is 874 g/mol. The molecule has 0 spiro atoms. The molecule has 0 radical (unpaired) electrons. The number of hydrogen-bond acceptors (Lipinski definition) is 10. The smallest absolute Gasteiger partial charge is 0.415 e. The third kappa shape index (κ3) is 11.0. The van der Waals surface area contributed by atoms with Gasteiger partial charge in [0.05, 0.1) is 18.3 Å². The summed E-state index contributed by atoms with van der Waals surface area (Å²) < 4.78 is 17.3. The van der Waals surface area contributed by atoms with E-state index in [-0.39, 0.29) is 37.5 Å². The van der Waals surface area contributed by atoms with Crippen molar-refractivity contribution in [3.8, 4) is 11.5 Å². The van der Waals surface area contributed by atoms with Crippen molar-refractivity contribution in [2.75, 3.05) is 82.1 Å². The topological polar surface area (TPSA) is 213 Å². The molecule has 2 aliphatic heterocycles. The van der Waals surface area contributed by atoms with Gasteiger partial charge in [0, 0.05) is 78.6 Å². The summed E-state index contributed by atoms with van der Waals surface area (Å²) >= 11 is 3.68. The number of urea groups is 1. The molecule has 0 aliphatic carbocycles. The van der Waals surface area contributed by atoms with Crippen LogP contribution in [0.1, 0.15) is 40.4 Å². The SMILES string of the molecule is CN[C@@H](CCCNC(N)=O)C(=O)Nc1ccc(COC(=O)NCCOc2ccc3[nH]c(C(=O)N4C[C@@H](CBr)c5c4cc(OC(=O)N4CCN(C)CC4)c4ccccc54)cc3c2)cc1. The molecule has 6 amide bonds. The second-order valence-electron chi connectivity index (χ2n) is 15.5. The van der Waals surface area contributed by atoms with Crippen molar-refractivity contribution in [3.05, 3.63) is 95.7 Å². The third-order valence-corrected chi connectivity index (χ3v) is 12.0. The van der Waals surface area contributed by atoms with E-state index in [0.29, 0.717) is 72.9 Å². The number of H-pyrrole nitrogens is 1. The van der Waals surface area contributed by atoms with E-state index in [1.54, 1.807) is 53.2 Å². The highest BCUT2D eigenvalue weighted by atomic mass is 79.9. The summed E-state index contributed by atoms with van der Waals surface area (Å²) in [5.41, 5.74) is 9.30. The van der Waals surface area contributed by atoms with Crippen LogP contribution in [0.3, 0.4) is 0 Å². The average Bonchev–Trinajstić information content (AvgIpc) is 3.89. The van der Waals surface area contributed by atoms with Crippen LogP contribution in [0, 0.1) is 0 Å². The number of likely N-dealkylation sites (N-methyl/N-ethyl adjacent to an activating group) is 2. The molecule has 332 valence electrons. The van der Waals surface area contributed by atoms with Gasteiger partial charge in [-0.3, -0.25) is 9.59 Å². The molecule has 1 fully saturated rings. The molecule has 63 heavy (non-hydrogen) atoms. The molecule has 1 aromatic heterocycles. The summed E-state index contributed by atoms with van der Waals surface area (Å²) in [7, 11) is 3.72. The Morgan fingerprint density at radius 3 is 2.41 bits per heavy atom. The van der Waals surface area contributed by atoms with E-state index in [2.05, 4.69) is 47.1 Å². The van der Waals surface area contributed by atoms with E-state index >= 15 is 0 Å². The highest BCUT2D eigenvalue weighted by molar-refractivity contribution is 9.09. The van der Waals surface area contributed by atoms with Gasteiger partial charge in [-0.15, -0.1) is 0 Å². The van der Waals surface area contributed by atoms with Gasteiger partial charge in [0.1, 0.15) is 30.4 Å². The van der Waals surface area contributed by atoms with Gasteiger partial charge in [-0.05, 0) is 79.8 Å². The quantitative estimate of drug-likeness (QED) is 0.0542. The van der Waals surface area contributed by atoms with Crippen LogP contribution in [0.2, 0.25) is 0 Å².